The van der Waals surface area contributed by atoms with Crippen LogP contribution in [0.4, 0.5) is 0 Å². The molecule has 2 N–H and O–H groups in total. The highest BCUT2D eigenvalue weighted by Crippen LogP contribution is 2.27. The van der Waals surface area contributed by atoms with E-state index in [4.69, 9.17) is 4.74 Å². The highest BCUT2D eigenvalue weighted by molar-refractivity contribution is 6.02. The van der Waals surface area contributed by atoms with Crippen LogP contribution in [0.5, 0.6) is 5.75 Å². The number of aromatic amines is 1. The number of aromatic nitrogens is 2. The minimum absolute atomic E-state index is 0. The van der Waals surface area contributed by atoms with Crippen molar-refractivity contribution in [1.29, 1.82) is 0 Å². The van der Waals surface area contributed by atoms with Crippen molar-refractivity contribution < 1.29 is 14.6 Å². The zero-order valence-electron chi connectivity index (χ0n) is 12.6. The van der Waals surface area contributed by atoms with E-state index in [1.807, 2.05) is 18.2 Å². The van der Waals surface area contributed by atoms with Gasteiger partial charge in [0.25, 0.3) is 0 Å². The Balaban J connectivity index is 0.00000192. The summed E-state index contributed by atoms with van der Waals surface area (Å²) in [6.07, 6.45) is 1.55. The molecule has 0 saturated heterocycles. The lowest BCUT2D eigenvalue weighted by atomic mass is 10.1. The van der Waals surface area contributed by atoms with E-state index >= 15 is 0 Å². The molecule has 3 aromatic rings. The second-order valence-corrected chi connectivity index (χ2v) is 5.01. The lowest BCUT2D eigenvalue weighted by molar-refractivity contribution is 0.0699. The van der Waals surface area contributed by atoms with Gasteiger partial charge in [0.1, 0.15) is 17.1 Å². The van der Waals surface area contributed by atoms with Gasteiger partial charge in [-0.3, -0.25) is 0 Å². The normalized spacial score (nSPS) is 10.3. The number of ether oxygens (including phenoxy) is 1. The van der Waals surface area contributed by atoms with E-state index in [2.05, 4.69) is 22.1 Å². The highest BCUT2D eigenvalue weighted by atomic mass is 35.5. The molecular formula is C17H17ClN2O3. The summed E-state index contributed by atoms with van der Waals surface area (Å²) >= 11 is 0. The number of benzene rings is 2. The molecule has 0 radical (unpaired) electrons. The number of methoxy groups -OCH3 is 1. The van der Waals surface area contributed by atoms with E-state index in [0.717, 1.165) is 12.2 Å². The fraction of sp³-hybridized carbons (Fsp3) is 0.176. The number of halogens is 1. The smallest absolute Gasteiger partial charge is 0.337 e. The average molecular weight is 333 g/mol. The van der Waals surface area contributed by atoms with Gasteiger partial charge in [-0.25, -0.2) is 9.78 Å². The molecule has 3 rings (SSSR count). The van der Waals surface area contributed by atoms with Gasteiger partial charge in [0.15, 0.2) is 0 Å². The summed E-state index contributed by atoms with van der Waals surface area (Å²) in [5.74, 6) is 0.346. The van der Waals surface area contributed by atoms with Crippen LogP contribution < -0.4 is 4.74 Å². The Morgan fingerprint density at radius 3 is 2.57 bits per heavy atom. The Bertz CT molecular complexity index is 815. The number of nitrogens with zero attached hydrogens (tertiary/aromatic N) is 1. The average Bonchev–Trinajstić information content (AvgIpc) is 2.96. The van der Waals surface area contributed by atoms with Gasteiger partial charge in [0, 0.05) is 6.42 Å². The predicted octanol–water partition coefficient (Wildman–Crippen LogP) is 3.48. The van der Waals surface area contributed by atoms with E-state index in [-0.39, 0.29) is 18.0 Å². The van der Waals surface area contributed by atoms with Gasteiger partial charge in [-0.2, -0.15) is 0 Å². The van der Waals surface area contributed by atoms with E-state index in [9.17, 15) is 9.90 Å². The first-order valence-corrected chi connectivity index (χ1v) is 7.02. The van der Waals surface area contributed by atoms with E-state index in [1.54, 1.807) is 13.2 Å². The zero-order valence-corrected chi connectivity index (χ0v) is 13.4. The molecule has 0 aliphatic heterocycles. The third-order valence-electron chi connectivity index (χ3n) is 3.60. The number of rotatable bonds is 5. The number of carbonyl (C=O) groups is 1. The quantitative estimate of drug-likeness (QED) is 0.750. The van der Waals surface area contributed by atoms with Crippen LogP contribution >= 0.6 is 12.4 Å². The molecule has 0 aliphatic carbocycles. The number of carboxylic acid groups (broad SMARTS) is 1. The third kappa shape index (κ3) is 3.46. The summed E-state index contributed by atoms with van der Waals surface area (Å²) in [4.78, 5) is 18.9. The SMILES string of the molecule is COc1ccc(C(=O)O)c2[nH]c(CCc3ccccc3)nc12.Cl. The van der Waals surface area contributed by atoms with Gasteiger partial charge < -0.3 is 14.8 Å². The molecule has 2 aromatic carbocycles. The Morgan fingerprint density at radius 2 is 1.91 bits per heavy atom. The van der Waals surface area contributed by atoms with Crippen LogP contribution in [0.2, 0.25) is 0 Å². The number of aryl methyl sites for hydroxylation is 2. The Hall–Kier alpha value is -2.53. The maximum Gasteiger partial charge on any atom is 0.337 e. The van der Waals surface area contributed by atoms with Crippen LogP contribution in [0.15, 0.2) is 42.5 Å². The van der Waals surface area contributed by atoms with Crippen molar-refractivity contribution in [3.8, 4) is 5.75 Å². The molecule has 1 heterocycles. The van der Waals surface area contributed by atoms with Gasteiger partial charge in [-0.15, -0.1) is 12.4 Å². The predicted molar refractivity (Wildman–Crippen MR) is 90.7 cm³/mol. The van der Waals surface area contributed by atoms with Crippen molar-refractivity contribution in [3.63, 3.8) is 0 Å². The van der Waals surface area contributed by atoms with Crippen molar-refractivity contribution in [2.24, 2.45) is 0 Å². The number of H-pyrrole nitrogens is 1. The molecule has 0 aliphatic rings. The lowest BCUT2D eigenvalue weighted by Gasteiger charge is -2.02. The van der Waals surface area contributed by atoms with Gasteiger partial charge >= 0.3 is 5.97 Å². The molecule has 1 aromatic heterocycles. The van der Waals surface area contributed by atoms with Crippen LogP contribution in [0.1, 0.15) is 21.7 Å². The second-order valence-electron chi connectivity index (χ2n) is 5.01. The fourth-order valence-corrected chi connectivity index (χ4v) is 2.49. The molecule has 0 amide bonds. The monoisotopic (exact) mass is 332 g/mol. The molecule has 23 heavy (non-hydrogen) atoms. The highest BCUT2D eigenvalue weighted by Gasteiger charge is 2.16. The lowest BCUT2D eigenvalue weighted by Crippen LogP contribution is -1.98. The van der Waals surface area contributed by atoms with Crippen LogP contribution in [0.25, 0.3) is 11.0 Å². The maximum absolute atomic E-state index is 11.3. The number of hydrogen-bond donors (Lipinski definition) is 2. The molecule has 0 fully saturated rings. The minimum atomic E-state index is -0.981. The number of fused-ring (bicyclic) bond motifs is 1. The first kappa shape index (κ1) is 16.8. The van der Waals surface area contributed by atoms with E-state index in [0.29, 0.717) is 23.2 Å². The number of nitrogens with one attached hydrogen (secondary N) is 1. The molecular weight excluding hydrogens is 316 g/mol. The minimum Gasteiger partial charge on any atom is -0.494 e. The maximum atomic E-state index is 11.3. The van der Waals surface area contributed by atoms with Gasteiger partial charge in [0.2, 0.25) is 0 Å². The fourth-order valence-electron chi connectivity index (χ4n) is 2.49. The molecule has 0 saturated carbocycles. The number of hydrogen-bond acceptors (Lipinski definition) is 3. The first-order chi connectivity index (χ1) is 10.7. The molecule has 0 spiro atoms. The van der Waals surface area contributed by atoms with Gasteiger partial charge in [-0.05, 0) is 24.1 Å². The first-order valence-electron chi connectivity index (χ1n) is 7.02. The number of aromatic carboxylic acids is 1. The zero-order chi connectivity index (χ0) is 15.5. The van der Waals surface area contributed by atoms with Crippen molar-refractivity contribution in [1.82, 2.24) is 9.97 Å². The van der Waals surface area contributed by atoms with Crippen molar-refractivity contribution in [2.45, 2.75) is 12.8 Å². The van der Waals surface area contributed by atoms with Crippen molar-refractivity contribution in [2.75, 3.05) is 7.11 Å². The van der Waals surface area contributed by atoms with Crippen LogP contribution in [-0.2, 0) is 12.8 Å². The van der Waals surface area contributed by atoms with Gasteiger partial charge in [0.05, 0.1) is 18.2 Å². The summed E-state index contributed by atoms with van der Waals surface area (Å²) in [5, 5.41) is 9.28. The molecule has 0 unspecified atom stereocenters. The molecule has 6 heteroatoms. The summed E-state index contributed by atoms with van der Waals surface area (Å²) in [6.45, 7) is 0. The standard InChI is InChI=1S/C17H16N2O3.ClH/c1-22-13-9-8-12(17(20)21)15-16(13)19-14(18-15)10-7-11-5-3-2-4-6-11;/h2-6,8-9H,7,10H2,1H3,(H,18,19)(H,20,21);1H. The second kappa shape index (κ2) is 7.15. The summed E-state index contributed by atoms with van der Waals surface area (Å²) in [7, 11) is 1.55. The Kier molecular flexibility index (Phi) is 5.24. The molecule has 120 valence electrons. The van der Waals surface area contributed by atoms with Crippen LogP contribution in [-0.4, -0.2) is 28.2 Å². The number of imidazole rings is 1. The summed E-state index contributed by atoms with van der Waals surface area (Å²) in [5.41, 5.74) is 2.49. The molecule has 5 nitrogen and oxygen atoms in total. The Labute approximate surface area is 139 Å². The third-order valence-corrected chi connectivity index (χ3v) is 3.60. The largest absolute Gasteiger partial charge is 0.494 e. The van der Waals surface area contributed by atoms with E-state index in [1.165, 1.54) is 11.6 Å². The van der Waals surface area contributed by atoms with Crippen LogP contribution in [0, 0.1) is 0 Å². The van der Waals surface area contributed by atoms with Crippen molar-refractivity contribution in [3.05, 3.63) is 59.4 Å². The Morgan fingerprint density at radius 1 is 1.17 bits per heavy atom. The molecule has 0 atom stereocenters. The molecule has 0 bridgehead atoms. The number of carboxylic acids is 1. The van der Waals surface area contributed by atoms with Crippen LogP contribution in [0.3, 0.4) is 0 Å². The topological polar surface area (TPSA) is 75.2 Å². The van der Waals surface area contributed by atoms with Gasteiger partial charge in [-0.1, -0.05) is 30.3 Å². The summed E-state index contributed by atoms with van der Waals surface area (Å²) in [6, 6.07) is 13.3. The van der Waals surface area contributed by atoms with E-state index < -0.39 is 5.97 Å². The van der Waals surface area contributed by atoms with Crippen molar-refractivity contribution >= 4 is 29.4 Å². The summed E-state index contributed by atoms with van der Waals surface area (Å²) < 4.78 is 5.26.